The van der Waals surface area contributed by atoms with E-state index in [0.29, 0.717) is 6.42 Å². The molecular weight excluding hydrogens is 242 g/mol. The highest BCUT2D eigenvalue weighted by Crippen LogP contribution is 2.22. The lowest BCUT2D eigenvalue weighted by Gasteiger charge is -2.36. The van der Waals surface area contributed by atoms with Crippen molar-refractivity contribution in [3.05, 3.63) is 30.1 Å². The zero-order valence-corrected chi connectivity index (χ0v) is 11.3. The number of amides is 2. The van der Waals surface area contributed by atoms with Crippen LogP contribution in [0.15, 0.2) is 24.5 Å². The molecule has 2 amide bonds. The van der Waals surface area contributed by atoms with Gasteiger partial charge in [-0.1, -0.05) is 13.3 Å². The zero-order valence-electron chi connectivity index (χ0n) is 11.3. The van der Waals surface area contributed by atoms with Crippen LogP contribution >= 0.6 is 0 Å². The Hall–Kier alpha value is -1.91. The number of carbonyl (C=O) groups is 2. The summed E-state index contributed by atoms with van der Waals surface area (Å²) in [7, 11) is 0. The van der Waals surface area contributed by atoms with E-state index in [1.807, 2.05) is 26.0 Å². The van der Waals surface area contributed by atoms with E-state index in [1.165, 1.54) is 0 Å². The lowest BCUT2D eigenvalue weighted by molar-refractivity contribution is -0.146. The van der Waals surface area contributed by atoms with Gasteiger partial charge >= 0.3 is 0 Å². The van der Waals surface area contributed by atoms with E-state index < -0.39 is 0 Å². The van der Waals surface area contributed by atoms with Crippen molar-refractivity contribution in [3.63, 3.8) is 0 Å². The van der Waals surface area contributed by atoms with Crippen LogP contribution in [-0.2, 0) is 9.59 Å². The third-order valence-electron chi connectivity index (χ3n) is 3.46. The van der Waals surface area contributed by atoms with Crippen LogP contribution in [0.3, 0.4) is 0 Å². The summed E-state index contributed by atoms with van der Waals surface area (Å²) in [6.45, 7) is 4.07. The number of nitrogens with zero attached hydrogens (tertiary/aromatic N) is 2. The van der Waals surface area contributed by atoms with Crippen molar-refractivity contribution in [3.8, 4) is 0 Å². The van der Waals surface area contributed by atoms with Crippen LogP contribution in [-0.4, -0.2) is 34.3 Å². The largest absolute Gasteiger partial charge is 0.343 e. The van der Waals surface area contributed by atoms with Crippen molar-refractivity contribution in [1.82, 2.24) is 15.2 Å². The van der Waals surface area contributed by atoms with Gasteiger partial charge in [0.05, 0.1) is 6.04 Å². The standard InChI is InChI=1S/C14H19N3O2/c1-3-4-12-14(19)17(9-13(18)16-12)10(2)11-5-7-15-8-6-11/h5-8,10,12H,3-4,9H2,1-2H3,(H,16,18). The van der Waals surface area contributed by atoms with Crippen LogP contribution in [0.25, 0.3) is 0 Å². The van der Waals surface area contributed by atoms with E-state index in [1.54, 1.807) is 17.3 Å². The average Bonchev–Trinajstić information content (AvgIpc) is 2.43. The summed E-state index contributed by atoms with van der Waals surface area (Å²) in [5, 5.41) is 2.76. The molecule has 0 spiro atoms. The van der Waals surface area contributed by atoms with E-state index in [0.717, 1.165) is 12.0 Å². The molecule has 0 radical (unpaired) electrons. The fraction of sp³-hybridized carbons (Fsp3) is 0.500. The smallest absolute Gasteiger partial charge is 0.246 e. The quantitative estimate of drug-likeness (QED) is 0.887. The number of hydrogen-bond acceptors (Lipinski definition) is 3. The molecule has 2 unspecified atom stereocenters. The first-order valence-electron chi connectivity index (χ1n) is 6.63. The predicted octanol–water partition coefficient (Wildman–Crippen LogP) is 1.27. The maximum absolute atomic E-state index is 12.4. The molecule has 0 aromatic carbocycles. The number of piperazine rings is 1. The monoisotopic (exact) mass is 261 g/mol. The lowest BCUT2D eigenvalue weighted by Crippen LogP contribution is -2.58. The van der Waals surface area contributed by atoms with Gasteiger partial charge in [-0.05, 0) is 31.0 Å². The fourth-order valence-electron chi connectivity index (χ4n) is 2.37. The highest BCUT2D eigenvalue weighted by atomic mass is 16.2. The predicted molar refractivity (Wildman–Crippen MR) is 71.2 cm³/mol. The van der Waals surface area contributed by atoms with Gasteiger partial charge in [0, 0.05) is 12.4 Å². The number of nitrogens with one attached hydrogen (secondary N) is 1. The molecule has 2 rings (SSSR count). The molecule has 1 aliphatic heterocycles. The third-order valence-corrected chi connectivity index (χ3v) is 3.46. The number of carbonyl (C=O) groups excluding carboxylic acids is 2. The molecule has 1 N–H and O–H groups in total. The first-order valence-corrected chi connectivity index (χ1v) is 6.63. The minimum absolute atomic E-state index is 0.00534. The summed E-state index contributed by atoms with van der Waals surface area (Å²) < 4.78 is 0. The van der Waals surface area contributed by atoms with Gasteiger partial charge in [-0.25, -0.2) is 0 Å². The van der Waals surface area contributed by atoms with Gasteiger partial charge in [-0.15, -0.1) is 0 Å². The van der Waals surface area contributed by atoms with Crippen molar-refractivity contribution in [2.45, 2.75) is 38.8 Å². The molecule has 2 heterocycles. The Morgan fingerprint density at radius 1 is 1.42 bits per heavy atom. The molecule has 102 valence electrons. The van der Waals surface area contributed by atoms with Crippen LogP contribution in [0, 0.1) is 0 Å². The van der Waals surface area contributed by atoms with Gasteiger partial charge in [-0.2, -0.15) is 0 Å². The highest BCUT2D eigenvalue weighted by Gasteiger charge is 2.34. The molecule has 2 atom stereocenters. The molecule has 5 heteroatoms. The normalized spacial score (nSPS) is 21.2. The molecule has 1 aromatic rings. The summed E-state index contributed by atoms with van der Waals surface area (Å²) >= 11 is 0. The van der Waals surface area contributed by atoms with Crippen molar-refractivity contribution in [1.29, 1.82) is 0 Å². The van der Waals surface area contributed by atoms with E-state index in [9.17, 15) is 9.59 Å². The SMILES string of the molecule is CCCC1NC(=O)CN(C(C)c2ccncc2)C1=O. The Morgan fingerprint density at radius 2 is 2.11 bits per heavy atom. The Bertz CT molecular complexity index is 461. The van der Waals surface area contributed by atoms with Gasteiger partial charge < -0.3 is 10.2 Å². The Morgan fingerprint density at radius 3 is 2.74 bits per heavy atom. The number of hydrogen-bond donors (Lipinski definition) is 1. The van der Waals surface area contributed by atoms with Crippen molar-refractivity contribution >= 4 is 11.8 Å². The topological polar surface area (TPSA) is 62.3 Å². The lowest BCUT2D eigenvalue weighted by atomic mass is 10.0. The highest BCUT2D eigenvalue weighted by molar-refractivity contribution is 5.95. The van der Waals surface area contributed by atoms with Crippen LogP contribution < -0.4 is 5.32 Å². The van der Waals surface area contributed by atoms with Crippen molar-refractivity contribution in [2.75, 3.05) is 6.54 Å². The van der Waals surface area contributed by atoms with Crippen LogP contribution in [0.4, 0.5) is 0 Å². The summed E-state index contributed by atoms with van der Waals surface area (Å²) in [5.74, 6) is -0.0790. The van der Waals surface area contributed by atoms with E-state index in [2.05, 4.69) is 10.3 Å². The Balaban J connectivity index is 2.18. The zero-order chi connectivity index (χ0) is 13.8. The molecule has 1 saturated heterocycles. The Kier molecular flexibility index (Phi) is 4.14. The molecule has 1 aromatic heterocycles. The first kappa shape index (κ1) is 13.5. The molecule has 1 fully saturated rings. The summed E-state index contributed by atoms with van der Waals surface area (Å²) in [5.41, 5.74) is 0.994. The van der Waals surface area contributed by atoms with E-state index >= 15 is 0 Å². The molecule has 0 bridgehead atoms. The van der Waals surface area contributed by atoms with Gasteiger partial charge in [-0.3, -0.25) is 14.6 Å². The number of aromatic nitrogens is 1. The molecule has 1 aliphatic rings. The van der Waals surface area contributed by atoms with Crippen molar-refractivity contribution < 1.29 is 9.59 Å². The van der Waals surface area contributed by atoms with Crippen LogP contribution in [0.1, 0.15) is 38.3 Å². The fourth-order valence-corrected chi connectivity index (χ4v) is 2.37. The number of rotatable bonds is 4. The first-order chi connectivity index (χ1) is 9.13. The second kappa shape index (κ2) is 5.82. The minimum Gasteiger partial charge on any atom is -0.343 e. The van der Waals surface area contributed by atoms with Gasteiger partial charge in [0.25, 0.3) is 0 Å². The van der Waals surface area contributed by atoms with Crippen LogP contribution in [0.5, 0.6) is 0 Å². The van der Waals surface area contributed by atoms with Gasteiger partial charge in [0.15, 0.2) is 0 Å². The third kappa shape index (κ3) is 2.92. The molecule has 0 saturated carbocycles. The maximum atomic E-state index is 12.4. The van der Waals surface area contributed by atoms with Crippen LogP contribution in [0.2, 0.25) is 0 Å². The van der Waals surface area contributed by atoms with E-state index in [4.69, 9.17) is 0 Å². The molecule has 5 nitrogen and oxygen atoms in total. The minimum atomic E-state index is -0.379. The van der Waals surface area contributed by atoms with Gasteiger partial charge in [0.1, 0.15) is 12.6 Å². The average molecular weight is 261 g/mol. The molecule has 19 heavy (non-hydrogen) atoms. The summed E-state index contributed by atoms with van der Waals surface area (Å²) in [4.78, 5) is 29.7. The van der Waals surface area contributed by atoms with Gasteiger partial charge in [0.2, 0.25) is 11.8 Å². The summed E-state index contributed by atoms with van der Waals surface area (Å²) in [6, 6.07) is 3.26. The van der Waals surface area contributed by atoms with E-state index in [-0.39, 0.29) is 30.4 Å². The molecule has 0 aliphatic carbocycles. The van der Waals surface area contributed by atoms with Crippen molar-refractivity contribution in [2.24, 2.45) is 0 Å². The summed E-state index contributed by atoms with van der Waals surface area (Å²) in [6.07, 6.45) is 4.95. The molecular formula is C14H19N3O2. The maximum Gasteiger partial charge on any atom is 0.246 e. The Labute approximate surface area is 113 Å². The second-order valence-corrected chi connectivity index (χ2v) is 4.83. The number of pyridine rings is 1. The second-order valence-electron chi connectivity index (χ2n) is 4.83.